The zero-order valence-corrected chi connectivity index (χ0v) is 14.6. The van der Waals surface area contributed by atoms with Crippen LogP contribution in [0.2, 0.25) is 0 Å². The summed E-state index contributed by atoms with van der Waals surface area (Å²) in [5.74, 6) is 1.53. The number of hydrogen-bond acceptors (Lipinski definition) is 4. The average molecular weight is 347 g/mol. The third-order valence-corrected chi connectivity index (χ3v) is 5.30. The molecule has 0 bridgehead atoms. The highest BCUT2D eigenvalue weighted by molar-refractivity contribution is 5.81. The maximum absolute atomic E-state index is 12.3. The van der Waals surface area contributed by atoms with Gasteiger partial charge in [-0.25, -0.2) is 9.97 Å². The van der Waals surface area contributed by atoms with Crippen molar-refractivity contribution in [3.8, 4) is 11.3 Å². The van der Waals surface area contributed by atoms with Crippen LogP contribution in [0.15, 0.2) is 48.9 Å². The van der Waals surface area contributed by atoms with E-state index in [1.165, 1.54) is 0 Å². The minimum Gasteiger partial charge on any atom is -0.350 e. The van der Waals surface area contributed by atoms with E-state index in [0.29, 0.717) is 11.8 Å². The molecule has 0 unspecified atom stereocenters. The fourth-order valence-corrected chi connectivity index (χ4v) is 3.68. The highest BCUT2D eigenvalue weighted by Crippen LogP contribution is 2.32. The van der Waals surface area contributed by atoms with Crippen LogP contribution in [0, 0.1) is 5.92 Å². The van der Waals surface area contributed by atoms with Gasteiger partial charge in [-0.1, -0.05) is 30.3 Å². The minimum atomic E-state index is 0.295. The first kappa shape index (κ1) is 15.4. The molecule has 2 fully saturated rings. The summed E-state index contributed by atoms with van der Waals surface area (Å²) in [7, 11) is 0. The van der Waals surface area contributed by atoms with E-state index < -0.39 is 0 Å². The van der Waals surface area contributed by atoms with Crippen molar-refractivity contribution in [1.82, 2.24) is 19.3 Å². The van der Waals surface area contributed by atoms with Crippen molar-refractivity contribution in [3.63, 3.8) is 0 Å². The number of amides is 1. The first-order valence-electron chi connectivity index (χ1n) is 9.22. The van der Waals surface area contributed by atoms with Crippen LogP contribution >= 0.6 is 0 Å². The summed E-state index contributed by atoms with van der Waals surface area (Å²) in [5.41, 5.74) is 3.07. The Bertz CT molecular complexity index is 939. The van der Waals surface area contributed by atoms with E-state index in [9.17, 15) is 4.79 Å². The van der Waals surface area contributed by atoms with Crippen LogP contribution in [0.4, 0.5) is 5.82 Å². The normalized spacial score (nSPS) is 17.7. The van der Waals surface area contributed by atoms with Gasteiger partial charge in [-0.2, -0.15) is 0 Å². The third kappa shape index (κ3) is 2.62. The number of hydrogen-bond donors (Lipinski definition) is 0. The second-order valence-corrected chi connectivity index (χ2v) is 7.04. The predicted octanol–water partition coefficient (Wildman–Crippen LogP) is 2.45. The zero-order chi connectivity index (χ0) is 17.5. The molecule has 1 amide bonds. The van der Waals surface area contributed by atoms with Gasteiger partial charge in [0.2, 0.25) is 5.91 Å². The molecule has 6 nitrogen and oxygen atoms in total. The lowest BCUT2D eigenvalue weighted by molar-refractivity contribution is -0.132. The van der Waals surface area contributed by atoms with E-state index in [-0.39, 0.29) is 0 Å². The van der Waals surface area contributed by atoms with Crippen molar-refractivity contribution in [2.45, 2.75) is 12.8 Å². The summed E-state index contributed by atoms with van der Waals surface area (Å²) in [6, 6.07) is 10.3. The second-order valence-electron chi connectivity index (χ2n) is 7.04. The van der Waals surface area contributed by atoms with Gasteiger partial charge in [-0.15, -0.1) is 0 Å². The number of piperazine rings is 1. The van der Waals surface area contributed by atoms with Crippen LogP contribution in [0.3, 0.4) is 0 Å². The fraction of sp³-hybridized carbons (Fsp3) is 0.350. The standard InChI is InChI=1S/C20H21N5O/c26-20(16-6-7-16)24-12-10-23(11-13-24)18-19-22-14-17(25(19)9-8-21-18)15-4-2-1-3-5-15/h1-5,8-9,14,16H,6-7,10-13H2. The average Bonchev–Trinajstić information content (AvgIpc) is 3.46. The van der Waals surface area contributed by atoms with Gasteiger partial charge in [0.05, 0.1) is 11.9 Å². The lowest BCUT2D eigenvalue weighted by Crippen LogP contribution is -2.49. The molecule has 1 saturated carbocycles. The van der Waals surface area contributed by atoms with Crippen molar-refractivity contribution in [1.29, 1.82) is 0 Å². The van der Waals surface area contributed by atoms with Crippen molar-refractivity contribution in [2.75, 3.05) is 31.1 Å². The molecule has 0 atom stereocenters. The highest BCUT2D eigenvalue weighted by Gasteiger charge is 2.35. The number of aromatic nitrogens is 3. The minimum absolute atomic E-state index is 0.295. The predicted molar refractivity (Wildman–Crippen MR) is 99.9 cm³/mol. The van der Waals surface area contributed by atoms with Crippen LogP contribution in [0.1, 0.15) is 12.8 Å². The summed E-state index contributed by atoms with van der Waals surface area (Å²) in [6.07, 6.45) is 7.83. The Balaban J connectivity index is 1.41. The number of nitrogens with zero attached hydrogens (tertiary/aromatic N) is 5. The Morgan fingerprint density at radius 1 is 1.00 bits per heavy atom. The van der Waals surface area contributed by atoms with Gasteiger partial charge < -0.3 is 9.80 Å². The van der Waals surface area contributed by atoms with Gasteiger partial charge in [0.25, 0.3) is 0 Å². The topological polar surface area (TPSA) is 53.7 Å². The number of benzene rings is 1. The molecule has 3 aromatic rings. The number of imidazole rings is 1. The molecule has 1 saturated heterocycles. The van der Waals surface area contributed by atoms with E-state index in [1.807, 2.05) is 41.7 Å². The summed E-state index contributed by atoms with van der Waals surface area (Å²) in [5, 5.41) is 0. The molecule has 132 valence electrons. The van der Waals surface area contributed by atoms with E-state index in [4.69, 9.17) is 0 Å². The Hall–Kier alpha value is -2.89. The molecule has 3 heterocycles. The molecule has 5 rings (SSSR count). The van der Waals surface area contributed by atoms with Crippen LogP contribution in [0.25, 0.3) is 16.9 Å². The molecular formula is C20H21N5O. The Morgan fingerprint density at radius 2 is 1.77 bits per heavy atom. The zero-order valence-electron chi connectivity index (χ0n) is 14.6. The molecule has 2 aromatic heterocycles. The molecule has 0 N–H and O–H groups in total. The second kappa shape index (κ2) is 6.12. The summed E-state index contributed by atoms with van der Waals surface area (Å²) in [4.78, 5) is 25.7. The summed E-state index contributed by atoms with van der Waals surface area (Å²) in [6.45, 7) is 3.14. The van der Waals surface area contributed by atoms with E-state index in [2.05, 4.69) is 31.4 Å². The first-order valence-corrected chi connectivity index (χ1v) is 9.22. The number of fused-ring (bicyclic) bond motifs is 1. The third-order valence-electron chi connectivity index (χ3n) is 5.30. The maximum atomic E-state index is 12.3. The Morgan fingerprint density at radius 3 is 2.50 bits per heavy atom. The van der Waals surface area contributed by atoms with Gasteiger partial charge in [-0.05, 0) is 12.8 Å². The number of rotatable bonds is 3. The van der Waals surface area contributed by atoms with Crippen LogP contribution in [-0.2, 0) is 4.79 Å². The molecule has 0 spiro atoms. The van der Waals surface area contributed by atoms with Gasteiger partial charge in [0.1, 0.15) is 0 Å². The van der Waals surface area contributed by atoms with Gasteiger partial charge in [0.15, 0.2) is 11.5 Å². The molecule has 26 heavy (non-hydrogen) atoms. The molecule has 1 aliphatic carbocycles. The smallest absolute Gasteiger partial charge is 0.225 e. The van der Waals surface area contributed by atoms with E-state index in [1.54, 1.807) is 0 Å². The monoisotopic (exact) mass is 347 g/mol. The number of anilines is 1. The van der Waals surface area contributed by atoms with E-state index >= 15 is 0 Å². The molecule has 1 aliphatic heterocycles. The number of carbonyl (C=O) groups is 1. The van der Waals surface area contributed by atoms with Crippen molar-refractivity contribution in [2.24, 2.45) is 5.92 Å². The number of carbonyl (C=O) groups excluding carboxylic acids is 1. The first-order chi connectivity index (χ1) is 12.8. The molecule has 6 heteroatoms. The van der Waals surface area contributed by atoms with Crippen molar-refractivity contribution >= 4 is 17.4 Å². The van der Waals surface area contributed by atoms with Crippen molar-refractivity contribution < 1.29 is 4.79 Å². The SMILES string of the molecule is O=C(C1CC1)N1CCN(c2nccn3c(-c4ccccc4)cnc23)CC1. The largest absolute Gasteiger partial charge is 0.350 e. The summed E-state index contributed by atoms with van der Waals surface area (Å²) >= 11 is 0. The van der Waals surface area contributed by atoms with Gasteiger partial charge in [-0.3, -0.25) is 9.20 Å². The van der Waals surface area contributed by atoms with Gasteiger partial charge in [0, 0.05) is 50.1 Å². The molecule has 0 radical (unpaired) electrons. The summed E-state index contributed by atoms with van der Waals surface area (Å²) < 4.78 is 2.10. The van der Waals surface area contributed by atoms with Gasteiger partial charge >= 0.3 is 0 Å². The maximum Gasteiger partial charge on any atom is 0.225 e. The van der Waals surface area contributed by atoms with Crippen LogP contribution in [0.5, 0.6) is 0 Å². The quantitative estimate of drug-likeness (QED) is 0.730. The Kier molecular flexibility index (Phi) is 3.62. The molecule has 1 aromatic carbocycles. The fourth-order valence-electron chi connectivity index (χ4n) is 3.68. The molecule has 2 aliphatic rings. The lowest BCUT2D eigenvalue weighted by atomic mass is 10.2. The molecular weight excluding hydrogens is 326 g/mol. The van der Waals surface area contributed by atoms with Crippen LogP contribution in [-0.4, -0.2) is 51.4 Å². The Labute approximate surface area is 152 Å². The van der Waals surface area contributed by atoms with Crippen molar-refractivity contribution in [3.05, 3.63) is 48.9 Å². The van der Waals surface area contributed by atoms with E-state index in [0.717, 1.165) is 61.7 Å². The highest BCUT2D eigenvalue weighted by atomic mass is 16.2. The lowest BCUT2D eigenvalue weighted by Gasteiger charge is -2.35. The van der Waals surface area contributed by atoms with Crippen LogP contribution < -0.4 is 4.90 Å².